The first-order chi connectivity index (χ1) is 8.69. The molecule has 0 spiro atoms. The molecular weight excluding hydrogens is 227 g/mol. The third-order valence-corrected chi connectivity index (χ3v) is 2.90. The summed E-state index contributed by atoms with van der Waals surface area (Å²) >= 11 is 0. The molecule has 2 rings (SSSR count). The molecule has 2 aromatic rings. The van der Waals surface area contributed by atoms with Gasteiger partial charge in [0.1, 0.15) is 5.82 Å². The maximum Gasteiger partial charge on any atom is 0.123 e. The van der Waals surface area contributed by atoms with Gasteiger partial charge in [-0.05, 0) is 36.8 Å². The monoisotopic (exact) mass is 244 g/mol. The second-order valence-corrected chi connectivity index (χ2v) is 4.35. The topological polar surface area (TPSA) is 38.0 Å². The van der Waals surface area contributed by atoms with Crippen LogP contribution < -0.4 is 11.1 Å². The molecule has 3 heteroatoms. The fraction of sp³-hybridized carbons (Fsp3) is 0.200. The van der Waals surface area contributed by atoms with E-state index >= 15 is 0 Å². The van der Waals surface area contributed by atoms with Crippen LogP contribution in [0.3, 0.4) is 0 Å². The molecule has 0 aliphatic heterocycles. The molecule has 0 heterocycles. The largest absolute Gasteiger partial charge is 0.377 e. The first kappa shape index (κ1) is 12.6. The normalized spacial score (nSPS) is 12.2. The van der Waals surface area contributed by atoms with Gasteiger partial charge >= 0.3 is 0 Å². The first-order valence-electron chi connectivity index (χ1n) is 5.98. The zero-order valence-corrected chi connectivity index (χ0v) is 10.4. The van der Waals surface area contributed by atoms with E-state index in [0.29, 0.717) is 6.54 Å². The molecule has 0 aliphatic rings. The lowest BCUT2D eigenvalue weighted by Crippen LogP contribution is -2.20. The Morgan fingerprint density at radius 1 is 1.06 bits per heavy atom. The first-order valence-corrected chi connectivity index (χ1v) is 5.98. The molecule has 1 unspecified atom stereocenters. The molecule has 0 amide bonds. The molecule has 18 heavy (non-hydrogen) atoms. The number of benzene rings is 2. The van der Waals surface area contributed by atoms with E-state index in [1.165, 1.54) is 17.7 Å². The number of halogens is 1. The van der Waals surface area contributed by atoms with Crippen LogP contribution in [0.25, 0.3) is 0 Å². The number of aryl methyl sites for hydroxylation is 1. The summed E-state index contributed by atoms with van der Waals surface area (Å²) in [7, 11) is 0. The molecule has 0 saturated carbocycles. The van der Waals surface area contributed by atoms with Gasteiger partial charge < -0.3 is 11.1 Å². The highest BCUT2D eigenvalue weighted by molar-refractivity contribution is 5.46. The lowest BCUT2D eigenvalue weighted by atomic mass is 10.1. The molecule has 0 radical (unpaired) electrons. The summed E-state index contributed by atoms with van der Waals surface area (Å²) < 4.78 is 12.9. The maximum atomic E-state index is 12.9. The van der Waals surface area contributed by atoms with Crippen LogP contribution in [-0.4, -0.2) is 6.54 Å². The summed E-state index contributed by atoms with van der Waals surface area (Å²) in [4.78, 5) is 0. The number of anilines is 1. The van der Waals surface area contributed by atoms with Gasteiger partial charge in [0.2, 0.25) is 0 Å². The van der Waals surface area contributed by atoms with Crippen molar-refractivity contribution < 1.29 is 4.39 Å². The molecule has 0 aromatic heterocycles. The van der Waals surface area contributed by atoms with Crippen LogP contribution in [0, 0.1) is 12.7 Å². The summed E-state index contributed by atoms with van der Waals surface area (Å²) in [6, 6.07) is 14.5. The van der Waals surface area contributed by atoms with E-state index in [1.807, 2.05) is 31.2 Å². The van der Waals surface area contributed by atoms with E-state index in [1.54, 1.807) is 12.1 Å². The number of hydrogen-bond acceptors (Lipinski definition) is 2. The van der Waals surface area contributed by atoms with Gasteiger partial charge in [-0.2, -0.15) is 0 Å². The minimum atomic E-state index is -0.232. The standard InChI is InChI=1S/C15H17FN2/c1-11-2-8-14(9-3-11)18-15(10-17)12-4-6-13(16)7-5-12/h2-9,15,18H,10,17H2,1H3. The van der Waals surface area contributed by atoms with E-state index in [-0.39, 0.29) is 11.9 Å². The summed E-state index contributed by atoms with van der Waals surface area (Å²) in [6.45, 7) is 2.50. The maximum absolute atomic E-state index is 12.9. The van der Waals surface area contributed by atoms with Crippen molar-refractivity contribution in [2.45, 2.75) is 13.0 Å². The van der Waals surface area contributed by atoms with E-state index in [0.717, 1.165) is 11.3 Å². The predicted octanol–water partition coefficient (Wildman–Crippen LogP) is 3.25. The van der Waals surface area contributed by atoms with Crippen LogP contribution in [0.15, 0.2) is 48.5 Å². The third-order valence-electron chi connectivity index (χ3n) is 2.90. The second kappa shape index (κ2) is 5.65. The van der Waals surface area contributed by atoms with Gasteiger partial charge in [-0.3, -0.25) is 0 Å². The van der Waals surface area contributed by atoms with Crippen molar-refractivity contribution >= 4 is 5.69 Å². The fourth-order valence-electron chi connectivity index (χ4n) is 1.82. The average Bonchev–Trinajstić information content (AvgIpc) is 2.39. The van der Waals surface area contributed by atoms with Crippen molar-refractivity contribution in [3.63, 3.8) is 0 Å². The Morgan fingerprint density at radius 3 is 2.22 bits per heavy atom. The Labute approximate surface area is 107 Å². The van der Waals surface area contributed by atoms with E-state index in [2.05, 4.69) is 5.32 Å². The van der Waals surface area contributed by atoms with Crippen molar-refractivity contribution in [2.75, 3.05) is 11.9 Å². The van der Waals surface area contributed by atoms with Crippen molar-refractivity contribution in [2.24, 2.45) is 5.73 Å². The summed E-state index contributed by atoms with van der Waals surface area (Å²) in [5.74, 6) is -0.232. The molecule has 2 nitrogen and oxygen atoms in total. The van der Waals surface area contributed by atoms with Crippen molar-refractivity contribution in [1.82, 2.24) is 0 Å². The minimum absolute atomic E-state index is 0.00620. The molecule has 0 fully saturated rings. The van der Waals surface area contributed by atoms with Crippen LogP contribution in [-0.2, 0) is 0 Å². The van der Waals surface area contributed by atoms with Gasteiger partial charge in [-0.15, -0.1) is 0 Å². The highest BCUT2D eigenvalue weighted by atomic mass is 19.1. The van der Waals surface area contributed by atoms with Gasteiger partial charge in [-0.1, -0.05) is 29.8 Å². The third kappa shape index (κ3) is 3.08. The molecule has 2 aromatic carbocycles. The fourth-order valence-corrected chi connectivity index (χ4v) is 1.82. The van der Waals surface area contributed by atoms with Crippen LogP contribution in [0.2, 0.25) is 0 Å². The Kier molecular flexibility index (Phi) is 3.95. The lowest BCUT2D eigenvalue weighted by molar-refractivity contribution is 0.626. The second-order valence-electron chi connectivity index (χ2n) is 4.35. The molecule has 0 aliphatic carbocycles. The Hall–Kier alpha value is -1.87. The van der Waals surface area contributed by atoms with Gasteiger partial charge in [0.15, 0.2) is 0 Å². The van der Waals surface area contributed by atoms with Gasteiger partial charge in [0, 0.05) is 12.2 Å². The summed E-state index contributed by atoms with van der Waals surface area (Å²) in [5.41, 5.74) is 8.98. The summed E-state index contributed by atoms with van der Waals surface area (Å²) in [6.07, 6.45) is 0. The van der Waals surface area contributed by atoms with E-state index in [9.17, 15) is 4.39 Å². The Morgan fingerprint density at radius 2 is 1.67 bits per heavy atom. The number of rotatable bonds is 4. The van der Waals surface area contributed by atoms with Gasteiger partial charge in [-0.25, -0.2) is 4.39 Å². The molecule has 0 bridgehead atoms. The van der Waals surface area contributed by atoms with E-state index in [4.69, 9.17) is 5.73 Å². The van der Waals surface area contributed by atoms with Gasteiger partial charge in [0.25, 0.3) is 0 Å². The minimum Gasteiger partial charge on any atom is -0.377 e. The Bertz CT molecular complexity index is 491. The zero-order valence-electron chi connectivity index (χ0n) is 10.4. The van der Waals surface area contributed by atoms with E-state index < -0.39 is 0 Å². The predicted molar refractivity (Wildman–Crippen MR) is 73.0 cm³/mol. The molecule has 1 atom stereocenters. The van der Waals surface area contributed by atoms with Crippen molar-refractivity contribution in [3.8, 4) is 0 Å². The molecular formula is C15H17FN2. The molecule has 94 valence electrons. The highest BCUT2D eigenvalue weighted by Crippen LogP contribution is 2.19. The zero-order chi connectivity index (χ0) is 13.0. The SMILES string of the molecule is Cc1ccc(NC(CN)c2ccc(F)cc2)cc1. The number of nitrogens with two attached hydrogens (primary N) is 1. The van der Waals surface area contributed by atoms with Crippen LogP contribution in [0.1, 0.15) is 17.2 Å². The van der Waals surface area contributed by atoms with Crippen LogP contribution in [0.5, 0.6) is 0 Å². The van der Waals surface area contributed by atoms with Crippen LogP contribution in [0.4, 0.5) is 10.1 Å². The summed E-state index contributed by atoms with van der Waals surface area (Å²) in [5, 5.41) is 3.34. The molecule has 3 N–H and O–H groups in total. The smallest absolute Gasteiger partial charge is 0.123 e. The average molecular weight is 244 g/mol. The van der Waals surface area contributed by atoms with Crippen molar-refractivity contribution in [1.29, 1.82) is 0 Å². The number of nitrogens with one attached hydrogen (secondary N) is 1. The van der Waals surface area contributed by atoms with Gasteiger partial charge in [0.05, 0.1) is 6.04 Å². The Balaban J connectivity index is 2.14. The van der Waals surface area contributed by atoms with Crippen LogP contribution >= 0.6 is 0 Å². The number of hydrogen-bond donors (Lipinski definition) is 2. The quantitative estimate of drug-likeness (QED) is 0.866. The molecule has 0 saturated heterocycles. The van der Waals surface area contributed by atoms with Crippen molar-refractivity contribution in [3.05, 3.63) is 65.5 Å². The highest BCUT2D eigenvalue weighted by Gasteiger charge is 2.09. The lowest BCUT2D eigenvalue weighted by Gasteiger charge is -2.18.